The Kier molecular flexibility index (Phi) is 4.14. The number of carbonyl (C=O) groups is 1. The number of carbonyl (C=O) groups excluding carboxylic acids is 1. The quantitative estimate of drug-likeness (QED) is 0.864. The lowest BCUT2D eigenvalue weighted by molar-refractivity contribution is -0.124. The van der Waals surface area contributed by atoms with Crippen LogP contribution in [0.1, 0.15) is 24.6 Å². The third kappa shape index (κ3) is 2.87. The molecule has 0 saturated carbocycles. The molecule has 2 aromatic rings. The topological polar surface area (TPSA) is 92.5 Å². The number of ether oxygens (including phenoxy) is 1. The van der Waals surface area contributed by atoms with E-state index >= 15 is 0 Å². The Balaban J connectivity index is 1.67. The zero-order chi connectivity index (χ0) is 17.3. The maximum atomic E-state index is 13.3. The van der Waals surface area contributed by atoms with Gasteiger partial charge in [-0.2, -0.15) is 4.98 Å². The molecule has 2 aliphatic heterocycles. The number of para-hydroxylation sites is 2. The van der Waals surface area contributed by atoms with E-state index in [1.807, 2.05) is 24.3 Å². The zero-order valence-electron chi connectivity index (χ0n) is 14.1. The Hall–Kier alpha value is -2.45. The van der Waals surface area contributed by atoms with E-state index in [9.17, 15) is 4.79 Å². The van der Waals surface area contributed by atoms with Crippen LogP contribution < -0.4 is 15.5 Å². The van der Waals surface area contributed by atoms with Gasteiger partial charge in [0.05, 0.1) is 17.9 Å². The van der Waals surface area contributed by atoms with Crippen LogP contribution in [0.3, 0.4) is 0 Å². The van der Waals surface area contributed by atoms with E-state index in [1.54, 1.807) is 12.0 Å². The van der Waals surface area contributed by atoms with Gasteiger partial charge >= 0.3 is 0 Å². The molecule has 0 unspecified atom stereocenters. The third-order valence-electron chi connectivity index (χ3n) is 4.76. The fraction of sp³-hybridized carbons (Fsp3) is 0.471. The Morgan fingerprint density at radius 1 is 1.32 bits per heavy atom. The summed E-state index contributed by atoms with van der Waals surface area (Å²) in [6.07, 6.45) is 1.50. The van der Waals surface area contributed by atoms with E-state index in [2.05, 4.69) is 20.8 Å². The van der Waals surface area contributed by atoms with E-state index in [0.29, 0.717) is 11.7 Å². The lowest BCUT2D eigenvalue weighted by Crippen LogP contribution is -2.61. The van der Waals surface area contributed by atoms with Crippen LogP contribution in [0.15, 0.2) is 28.8 Å². The molecule has 3 heterocycles. The standard InChI is InChI=1S/C17H21N5O3/c1-24-11-15-19-14(21-25-15)10-22-13-5-3-2-4-12(13)20-17(16(22)23)6-8-18-9-7-17/h2-5,18,20H,6-11H2,1H3. The largest absolute Gasteiger partial charge is 0.375 e. The summed E-state index contributed by atoms with van der Waals surface area (Å²) in [4.78, 5) is 19.4. The number of rotatable bonds is 4. The van der Waals surface area contributed by atoms with Gasteiger partial charge < -0.3 is 24.8 Å². The molecule has 1 aromatic heterocycles. The van der Waals surface area contributed by atoms with Gasteiger partial charge in [0.25, 0.3) is 11.8 Å². The van der Waals surface area contributed by atoms with Gasteiger partial charge in [-0.1, -0.05) is 17.3 Å². The normalized spacial score (nSPS) is 18.9. The van der Waals surface area contributed by atoms with Gasteiger partial charge in [0.15, 0.2) is 5.82 Å². The Morgan fingerprint density at radius 2 is 2.12 bits per heavy atom. The number of anilines is 2. The van der Waals surface area contributed by atoms with Crippen molar-refractivity contribution >= 4 is 17.3 Å². The number of piperidine rings is 1. The second kappa shape index (κ2) is 6.45. The van der Waals surface area contributed by atoms with Gasteiger partial charge in [0.1, 0.15) is 12.1 Å². The number of benzene rings is 1. The molecule has 1 aromatic carbocycles. The van der Waals surface area contributed by atoms with E-state index < -0.39 is 5.54 Å². The first-order valence-electron chi connectivity index (χ1n) is 8.42. The average molecular weight is 343 g/mol. The van der Waals surface area contributed by atoms with Crippen molar-refractivity contribution in [2.75, 3.05) is 30.4 Å². The number of nitrogens with one attached hydrogen (secondary N) is 2. The van der Waals surface area contributed by atoms with Crippen molar-refractivity contribution in [2.24, 2.45) is 0 Å². The first kappa shape index (κ1) is 16.0. The van der Waals surface area contributed by atoms with Crippen molar-refractivity contribution < 1.29 is 14.1 Å². The summed E-state index contributed by atoms with van der Waals surface area (Å²) in [6, 6.07) is 7.84. The van der Waals surface area contributed by atoms with Gasteiger partial charge in [-0.05, 0) is 38.1 Å². The van der Waals surface area contributed by atoms with Gasteiger partial charge in [-0.3, -0.25) is 4.79 Å². The van der Waals surface area contributed by atoms with Gasteiger partial charge in [-0.25, -0.2) is 0 Å². The smallest absolute Gasteiger partial charge is 0.253 e. The fourth-order valence-corrected chi connectivity index (χ4v) is 3.52. The van der Waals surface area contributed by atoms with Crippen molar-refractivity contribution in [1.82, 2.24) is 15.5 Å². The Bertz CT molecular complexity index is 769. The highest BCUT2D eigenvalue weighted by atomic mass is 16.5. The number of fused-ring (bicyclic) bond motifs is 1. The molecular formula is C17H21N5O3. The van der Waals surface area contributed by atoms with Crippen molar-refractivity contribution in [3.05, 3.63) is 36.0 Å². The SMILES string of the molecule is COCc1nc(CN2C(=O)C3(CCNCC3)Nc3ccccc32)no1. The second-order valence-electron chi connectivity index (χ2n) is 6.40. The lowest BCUT2D eigenvalue weighted by Gasteiger charge is -2.45. The van der Waals surface area contributed by atoms with Crippen molar-refractivity contribution in [3.8, 4) is 0 Å². The minimum atomic E-state index is -0.571. The second-order valence-corrected chi connectivity index (χ2v) is 6.40. The summed E-state index contributed by atoms with van der Waals surface area (Å²) in [5.41, 5.74) is 1.23. The van der Waals surface area contributed by atoms with Gasteiger partial charge in [-0.15, -0.1) is 0 Å². The van der Waals surface area contributed by atoms with Crippen LogP contribution in [0.25, 0.3) is 0 Å². The summed E-state index contributed by atoms with van der Waals surface area (Å²) >= 11 is 0. The molecule has 2 aliphatic rings. The monoisotopic (exact) mass is 343 g/mol. The molecule has 8 nitrogen and oxygen atoms in total. The highest BCUT2D eigenvalue weighted by Gasteiger charge is 2.46. The number of hydrogen-bond acceptors (Lipinski definition) is 7. The maximum absolute atomic E-state index is 13.3. The van der Waals surface area contributed by atoms with E-state index in [1.165, 1.54) is 0 Å². The van der Waals surface area contributed by atoms with Crippen molar-refractivity contribution in [2.45, 2.75) is 31.5 Å². The molecular weight excluding hydrogens is 322 g/mol. The molecule has 132 valence electrons. The van der Waals surface area contributed by atoms with Crippen LogP contribution in [0, 0.1) is 0 Å². The summed E-state index contributed by atoms with van der Waals surface area (Å²) in [7, 11) is 1.57. The van der Waals surface area contributed by atoms with Gasteiger partial charge in [0, 0.05) is 7.11 Å². The van der Waals surface area contributed by atoms with E-state index in [-0.39, 0.29) is 19.1 Å². The van der Waals surface area contributed by atoms with Gasteiger partial charge in [0.2, 0.25) is 0 Å². The summed E-state index contributed by atoms with van der Waals surface area (Å²) in [5.74, 6) is 0.942. The Labute approximate surface area is 145 Å². The van der Waals surface area contributed by atoms with E-state index in [4.69, 9.17) is 9.26 Å². The number of methoxy groups -OCH3 is 1. The number of hydrogen-bond donors (Lipinski definition) is 2. The summed E-state index contributed by atoms with van der Waals surface area (Å²) in [5, 5.41) is 10.8. The molecule has 1 saturated heterocycles. The molecule has 1 spiro atoms. The number of nitrogens with zero attached hydrogens (tertiary/aromatic N) is 3. The first-order valence-corrected chi connectivity index (χ1v) is 8.42. The zero-order valence-corrected chi connectivity index (χ0v) is 14.1. The molecule has 1 fully saturated rings. The molecule has 0 aliphatic carbocycles. The maximum Gasteiger partial charge on any atom is 0.253 e. The minimum Gasteiger partial charge on any atom is -0.375 e. The molecule has 0 radical (unpaired) electrons. The van der Waals surface area contributed by atoms with Crippen molar-refractivity contribution in [1.29, 1.82) is 0 Å². The molecule has 1 amide bonds. The predicted octanol–water partition coefficient (Wildman–Crippen LogP) is 1.30. The van der Waals surface area contributed by atoms with Crippen LogP contribution in [0.2, 0.25) is 0 Å². The third-order valence-corrected chi connectivity index (χ3v) is 4.76. The molecule has 0 atom stereocenters. The minimum absolute atomic E-state index is 0.0609. The highest BCUT2D eigenvalue weighted by molar-refractivity contribution is 6.07. The lowest BCUT2D eigenvalue weighted by atomic mass is 9.84. The fourth-order valence-electron chi connectivity index (χ4n) is 3.52. The molecule has 4 rings (SSSR count). The summed E-state index contributed by atoms with van der Waals surface area (Å²) < 4.78 is 10.2. The Morgan fingerprint density at radius 3 is 2.92 bits per heavy atom. The molecule has 2 N–H and O–H groups in total. The molecule has 0 bridgehead atoms. The molecule has 8 heteroatoms. The van der Waals surface area contributed by atoms with Crippen LogP contribution in [-0.4, -0.2) is 41.8 Å². The predicted molar refractivity (Wildman–Crippen MR) is 91.1 cm³/mol. The van der Waals surface area contributed by atoms with Crippen molar-refractivity contribution in [3.63, 3.8) is 0 Å². The summed E-state index contributed by atoms with van der Waals surface area (Å²) in [6.45, 7) is 2.17. The van der Waals surface area contributed by atoms with Crippen LogP contribution in [0.5, 0.6) is 0 Å². The van der Waals surface area contributed by atoms with Crippen LogP contribution in [0.4, 0.5) is 11.4 Å². The first-order chi connectivity index (χ1) is 12.2. The highest BCUT2D eigenvalue weighted by Crippen LogP contribution is 2.39. The average Bonchev–Trinajstić information content (AvgIpc) is 3.07. The van der Waals surface area contributed by atoms with E-state index in [0.717, 1.165) is 37.3 Å². The van der Waals surface area contributed by atoms with Crippen LogP contribution in [-0.2, 0) is 22.7 Å². The number of amides is 1. The molecule has 25 heavy (non-hydrogen) atoms. The van der Waals surface area contributed by atoms with Crippen LogP contribution >= 0.6 is 0 Å². The number of aromatic nitrogens is 2.